The number of fused-ring (bicyclic) bond motifs is 1. The molecule has 0 radical (unpaired) electrons. The Kier molecular flexibility index (Phi) is 4.49. The number of methoxy groups -OCH3 is 1. The van der Waals surface area contributed by atoms with E-state index in [9.17, 15) is 14.4 Å². The molecule has 0 saturated heterocycles. The number of nitrogens with one attached hydrogen (secondary N) is 1. The molecule has 2 amide bonds. The van der Waals surface area contributed by atoms with Crippen LogP contribution in [0.1, 0.15) is 25.8 Å². The minimum atomic E-state index is -0.528. The van der Waals surface area contributed by atoms with E-state index in [1.54, 1.807) is 0 Å². The van der Waals surface area contributed by atoms with Gasteiger partial charge in [-0.3, -0.25) is 14.4 Å². The van der Waals surface area contributed by atoms with Crippen LogP contribution in [0.3, 0.4) is 0 Å². The molecule has 6 heteroatoms. The van der Waals surface area contributed by atoms with Gasteiger partial charge in [0.1, 0.15) is 13.1 Å². The van der Waals surface area contributed by atoms with Crippen molar-refractivity contribution in [2.45, 2.75) is 25.7 Å². The van der Waals surface area contributed by atoms with Gasteiger partial charge in [-0.25, -0.2) is 0 Å². The lowest BCUT2D eigenvalue weighted by Gasteiger charge is -2.38. The molecule has 6 nitrogen and oxygen atoms in total. The summed E-state index contributed by atoms with van der Waals surface area (Å²) in [6.45, 7) is 3.71. The molecule has 1 heterocycles. The van der Waals surface area contributed by atoms with E-state index in [2.05, 4.69) is 10.1 Å². The van der Waals surface area contributed by atoms with Gasteiger partial charge >= 0.3 is 5.97 Å². The molecule has 0 aromatic heterocycles. The zero-order chi connectivity index (χ0) is 16.3. The molecule has 0 saturated carbocycles. The first-order chi connectivity index (χ1) is 10.3. The van der Waals surface area contributed by atoms with E-state index in [-0.39, 0.29) is 24.4 Å². The maximum atomic E-state index is 12.4. The number of para-hydroxylation sites is 1. The summed E-state index contributed by atoms with van der Waals surface area (Å²) in [5.74, 6) is -1.02. The van der Waals surface area contributed by atoms with Crippen molar-refractivity contribution in [2.24, 2.45) is 0 Å². The summed E-state index contributed by atoms with van der Waals surface area (Å²) in [5, 5.41) is 2.45. The number of rotatable bonds is 4. The minimum absolute atomic E-state index is 0.100. The second-order valence-electron chi connectivity index (χ2n) is 5.91. The molecule has 0 atom stereocenters. The zero-order valence-corrected chi connectivity index (χ0v) is 13.0. The Morgan fingerprint density at radius 1 is 1.32 bits per heavy atom. The van der Waals surface area contributed by atoms with E-state index in [1.807, 2.05) is 38.1 Å². The van der Waals surface area contributed by atoms with Gasteiger partial charge in [0.05, 0.1) is 7.11 Å². The Hall–Kier alpha value is -2.37. The summed E-state index contributed by atoms with van der Waals surface area (Å²) in [6, 6.07) is 7.57. The molecule has 0 unspecified atom stereocenters. The van der Waals surface area contributed by atoms with Crippen LogP contribution in [0, 0.1) is 0 Å². The molecule has 0 aliphatic carbocycles. The van der Waals surface area contributed by atoms with E-state index in [0.29, 0.717) is 6.42 Å². The molecule has 1 aromatic rings. The lowest BCUT2D eigenvalue weighted by molar-refractivity contribution is -0.141. The van der Waals surface area contributed by atoms with Crippen molar-refractivity contribution < 1.29 is 19.1 Å². The molecular formula is C16H20N2O4. The lowest BCUT2D eigenvalue weighted by atomic mass is 9.77. The van der Waals surface area contributed by atoms with E-state index in [1.165, 1.54) is 12.0 Å². The number of benzene rings is 1. The molecular weight excluding hydrogens is 284 g/mol. The van der Waals surface area contributed by atoms with Crippen molar-refractivity contribution in [1.82, 2.24) is 5.32 Å². The highest BCUT2D eigenvalue weighted by Gasteiger charge is 2.36. The van der Waals surface area contributed by atoms with Crippen molar-refractivity contribution >= 4 is 23.5 Å². The SMILES string of the molecule is COC(=O)CNC(=O)CN1C(=O)CC(C)(C)c2ccccc21. The van der Waals surface area contributed by atoms with Crippen LogP contribution in [0.4, 0.5) is 5.69 Å². The second-order valence-corrected chi connectivity index (χ2v) is 5.91. The molecule has 0 spiro atoms. The highest BCUT2D eigenvalue weighted by molar-refractivity contribution is 6.02. The third-order valence-corrected chi connectivity index (χ3v) is 3.78. The van der Waals surface area contributed by atoms with Crippen molar-refractivity contribution in [2.75, 3.05) is 25.1 Å². The first-order valence-electron chi connectivity index (χ1n) is 7.08. The number of carbonyl (C=O) groups excluding carboxylic acids is 3. The highest BCUT2D eigenvalue weighted by Crippen LogP contribution is 2.39. The first kappa shape index (κ1) is 16.0. The normalized spacial score (nSPS) is 16.0. The molecule has 22 heavy (non-hydrogen) atoms. The van der Waals surface area contributed by atoms with Crippen LogP contribution < -0.4 is 10.2 Å². The molecule has 1 aliphatic heterocycles. The number of hydrogen-bond donors (Lipinski definition) is 1. The average Bonchev–Trinajstić information content (AvgIpc) is 2.48. The van der Waals surface area contributed by atoms with Gasteiger partial charge in [0, 0.05) is 17.5 Å². The van der Waals surface area contributed by atoms with Gasteiger partial charge in [-0.05, 0) is 11.6 Å². The topological polar surface area (TPSA) is 75.7 Å². The fourth-order valence-corrected chi connectivity index (χ4v) is 2.60. The smallest absolute Gasteiger partial charge is 0.325 e. The van der Waals surface area contributed by atoms with Gasteiger partial charge in [-0.1, -0.05) is 32.0 Å². The van der Waals surface area contributed by atoms with Gasteiger partial charge < -0.3 is 15.0 Å². The van der Waals surface area contributed by atoms with Crippen LogP contribution in [0.2, 0.25) is 0 Å². The standard InChI is InChI=1S/C16H20N2O4/c1-16(2)8-14(20)18(12-7-5-4-6-11(12)16)10-13(19)17-9-15(21)22-3/h4-7H,8-10H2,1-3H3,(H,17,19). The van der Waals surface area contributed by atoms with Gasteiger partial charge in [-0.2, -0.15) is 0 Å². The minimum Gasteiger partial charge on any atom is -0.468 e. The monoisotopic (exact) mass is 304 g/mol. The largest absolute Gasteiger partial charge is 0.468 e. The van der Waals surface area contributed by atoms with Crippen LogP contribution in [0.25, 0.3) is 0 Å². The van der Waals surface area contributed by atoms with E-state index < -0.39 is 11.9 Å². The van der Waals surface area contributed by atoms with E-state index >= 15 is 0 Å². The average molecular weight is 304 g/mol. The van der Waals surface area contributed by atoms with Crippen LogP contribution >= 0.6 is 0 Å². The maximum absolute atomic E-state index is 12.4. The summed E-state index contributed by atoms with van der Waals surface area (Å²) in [7, 11) is 1.25. The zero-order valence-electron chi connectivity index (χ0n) is 13.0. The van der Waals surface area contributed by atoms with Crippen molar-refractivity contribution in [3.8, 4) is 0 Å². The summed E-state index contributed by atoms with van der Waals surface area (Å²) >= 11 is 0. The predicted molar refractivity (Wildman–Crippen MR) is 81.5 cm³/mol. The quantitative estimate of drug-likeness (QED) is 0.842. The summed E-state index contributed by atoms with van der Waals surface area (Å²) in [4.78, 5) is 36.8. The van der Waals surface area contributed by atoms with Gasteiger partial charge in [-0.15, -0.1) is 0 Å². The number of anilines is 1. The van der Waals surface area contributed by atoms with Gasteiger partial charge in [0.2, 0.25) is 11.8 Å². The lowest BCUT2D eigenvalue weighted by Crippen LogP contribution is -2.47. The molecule has 1 aliphatic rings. The maximum Gasteiger partial charge on any atom is 0.325 e. The Morgan fingerprint density at radius 2 is 2.00 bits per heavy atom. The molecule has 0 bridgehead atoms. The fraction of sp³-hybridized carbons (Fsp3) is 0.438. The number of esters is 1. The number of nitrogens with zero attached hydrogens (tertiary/aromatic N) is 1. The third-order valence-electron chi connectivity index (χ3n) is 3.78. The molecule has 1 N–H and O–H groups in total. The van der Waals surface area contributed by atoms with E-state index in [0.717, 1.165) is 11.3 Å². The van der Waals surface area contributed by atoms with Gasteiger partial charge in [0.15, 0.2) is 0 Å². The molecule has 118 valence electrons. The van der Waals surface area contributed by atoms with Crippen LogP contribution in [-0.2, 0) is 24.5 Å². The number of hydrogen-bond acceptors (Lipinski definition) is 4. The predicted octanol–water partition coefficient (Wildman–Crippen LogP) is 0.990. The van der Waals surface area contributed by atoms with Gasteiger partial charge in [0.25, 0.3) is 0 Å². The van der Waals surface area contributed by atoms with Crippen LogP contribution in [0.5, 0.6) is 0 Å². The molecule has 2 rings (SSSR count). The third kappa shape index (κ3) is 3.27. The Balaban J connectivity index is 2.16. The van der Waals surface area contributed by atoms with E-state index in [4.69, 9.17) is 0 Å². The fourth-order valence-electron chi connectivity index (χ4n) is 2.60. The first-order valence-corrected chi connectivity index (χ1v) is 7.08. The van der Waals surface area contributed by atoms with Crippen molar-refractivity contribution in [1.29, 1.82) is 0 Å². The Bertz CT molecular complexity index is 610. The highest BCUT2D eigenvalue weighted by atomic mass is 16.5. The van der Waals surface area contributed by atoms with Crippen LogP contribution in [0.15, 0.2) is 24.3 Å². The second kappa shape index (κ2) is 6.17. The Morgan fingerprint density at radius 3 is 2.68 bits per heavy atom. The van der Waals surface area contributed by atoms with Crippen molar-refractivity contribution in [3.05, 3.63) is 29.8 Å². The summed E-state index contributed by atoms with van der Waals surface area (Å²) in [5.41, 5.74) is 1.53. The molecule has 1 aromatic carbocycles. The summed E-state index contributed by atoms with van der Waals surface area (Å²) in [6.07, 6.45) is 0.342. The number of ether oxygens (including phenoxy) is 1. The summed E-state index contributed by atoms with van der Waals surface area (Å²) < 4.78 is 4.46. The number of amides is 2. The Labute approximate surface area is 129 Å². The molecule has 0 fully saturated rings. The van der Waals surface area contributed by atoms with Crippen molar-refractivity contribution in [3.63, 3.8) is 0 Å². The van der Waals surface area contributed by atoms with Crippen LogP contribution in [-0.4, -0.2) is 38.0 Å². The number of carbonyl (C=O) groups is 3.